The van der Waals surface area contributed by atoms with Crippen LogP contribution in [0.1, 0.15) is 6.92 Å². The summed E-state index contributed by atoms with van der Waals surface area (Å²) in [4.78, 5) is 4.55. The summed E-state index contributed by atoms with van der Waals surface area (Å²) in [6.07, 6.45) is -4.76. The maximum atomic E-state index is 12.1. The summed E-state index contributed by atoms with van der Waals surface area (Å²) in [5.74, 6) is -0.383. The minimum Gasteiger partial charge on any atom is -0.406 e. The zero-order valence-electron chi connectivity index (χ0n) is 9.78. The van der Waals surface area contributed by atoms with Gasteiger partial charge < -0.3 is 10.1 Å². The molecule has 1 aromatic rings. The standard InChI is InChI=1S/C10H13F3N2O3/c1-3-14-8-6-7(18-10(11,12)13)4-5-9(8)15(16)17-2/h4-6,14,16H,3H2,1-2H3. The number of ether oxygens (including phenoxy) is 1. The van der Waals surface area contributed by atoms with E-state index in [9.17, 15) is 18.4 Å². The summed E-state index contributed by atoms with van der Waals surface area (Å²) in [7, 11) is 1.22. The molecule has 0 bridgehead atoms. The number of nitrogens with zero attached hydrogens (tertiary/aromatic N) is 1. The van der Waals surface area contributed by atoms with Crippen molar-refractivity contribution < 1.29 is 28.0 Å². The van der Waals surface area contributed by atoms with E-state index in [0.717, 1.165) is 12.1 Å². The normalized spacial score (nSPS) is 11.2. The first-order chi connectivity index (χ1) is 8.37. The average molecular weight is 266 g/mol. The predicted octanol–water partition coefficient (Wildman–Crippen LogP) is 2.77. The second-order valence-corrected chi connectivity index (χ2v) is 3.21. The quantitative estimate of drug-likeness (QED) is 0.802. The van der Waals surface area contributed by atoms with Crippen LogP contribution in [0.3, 0.4) is 0 Å². The van der Waals surface area contributed by atoms with Gasteiger partial charge in [-0.1, -0.05) is 0 Å². The summed E-state index contributed by atoms with van der Waals surface area (Å²) in [5.41, 5.74) is 0.428. The van der Waals surface area contributed by atoms with Crippen LogP contribution in [0.4, 0.5) is 24.5 Å². The zero-order chi connectivity index (χ0) is 13.8. The third kappa shape index (κ3) is 3.97. The molecule has 0 unspecified atom stereocenters. The molecule has 8 heteroatoms. The zero-order valence-corrected chi connectivity index (χ0v) is 9.78. The maximum absolute atomic E-state index is 12.1. The van der Waals surface area contributed by atoms with Gasteiger partial charge in [0.05, 0.1) is 12.8 Å². The van der Waals surface area contributed by atoms with Crippen LogP contribution < -0.4 is 15.3 Å². The lowest BCUT2D eigenvalue weighted by Crippen LogP contribution is -2.19. The molecule has 1 aromatic carbocycles. The monoisotopic (exact) mass is 266 g/mol. The summed E-state index contributed by atoms with van der Waals surface area (Å²) >= 11 is 0. The van der Waals surface area contributed by atoms with Crippen molar-refractivity contribution in [2.75, 3.05) is 24.2 Å². The van der Waals surface area contributed by atoms with Crippen LogP contribution in [0.2, 0.25) is 0 Å². The molecule has 1 rings (SSSR count). The molecule has 0 heterocycles. The van der Waals surface area contributed by atoms with Gasteiger partial charge in [0.1, 0.15) is 11.4 Å². The number of alkyl halides is 3. The van der Waals surface area contributed by atoms with Crippen molar-refractivity contribution in [1.82, 2.24) is 0 Å². The van der Waals surface area contributed by atoms with E-state index >= 15 is 0 Å². The van der Waals surface area contributed by atoms with E-state index in [2.05, 4.69) is 14.9 Å². The minimum atomic E-state index is -4.76. The van der Waals surface area contributed by atoms with Gasteiger partial charge in [-0.15, -0.1) is 18.4 Å². The molecule has 0 fully saturated rings. The molecule has 0 saturated heterocycles. The molecule has 2 N–H and O–H groups in total. The summed E-state index contributed by atoms with van der Waals surface area (Å²) in [6.45, 7) is 2.22. The Morgan fingerprint density at radius 3 is 2.56 bits per heavy atom. The van der Waals surface area contributed by atoms with E-state index in [1.165, 1.54) is 13.2 Å². The molecule has 0 saturated carbocycles. The number of benzene rings is 1. The molecule has 0 aliphatic heterocycles. The Morgan fingerprint density at radius 2 is 2.06 bits per heavy atom. The third-order valence-electron chi connectivity index (χ3n) is 1.95. The van der Waals surface area contributed by atoms with Gasteiger partial charge in [0.15, 0.2) is 0 Å². The fourth-order valence-electron chi connectivity index (χ4n) is 1.31. The van der Waals surface area contributed by atoms with Crippen molar-refractivity contribution in [2.24, 2.45) is 0 Å². The molecule has 0 atom stereocenters. The second kappa shape index (κ2) is 5.78. The van der Waals surface area contributed by atoms with Gasteiger partial charge in [-0.05, 0) is 19.1 Å². The van der Waals surface area contributed by atoms with Gasteiger partial charge in [-0.2, -0.15) is 0 Å². The van der Waals surface area contributed by atoms with Crippen molar-refractivity contribution in [1.29, 1.82) is 0 Å². The van der Waals surface area contributed by atoms with E-state index in [4.69, 9.17) is 0 Å². The van der Waals surface area contributed by atoms with Crippen LogP contribution in [0, 0.1) is 0 Å². The third-order valence-corrected chi connectivity index (χ3v) is 1.95. The Balaban J connectivity index is 3.02. The van der Waals surface area contributed by atoms with Crippen LogP contribution in [-0.2, 0) is 4.84 Å². The van der Waals surface area contributed by atoms with Crippen LogP contribution in [-0.4, -0.2) is 25.2 Å². The molecule has 5 nitrogen and oxygen atoms in total. The largest absolute Gasteiger partial charge is 0.573 e. The molecule has 0 amide bonds. The lowest BCUT2D eigenvalue weighted by Gasteiger charge is -2.19. The van der Waals surface area contributed by atoms with E-state index < -0.39 is 6.36 Å². The van der Waals surface area contributed by atoms with Gasteiger partial charge in [0.25, 0.3) is 0 Å². The Morgan fingerprint density at radius 1 is 1.39 bits per heavy atom. The number of hydrogen-bond acceptors (Lipinski definition) is 5. The van der Waals surface area contributed by atoms with E-state index in [1.54, 1.807) is 6.92 Å². The first-order valence-corrected chi connectivity index (χ1v) is 5.04. The smallest absolute Gasteiger partial charge is 0.406 e. The average Bonchev–Trinajstić information content (AvgIpc) is 2.27. The Kier molecular flexibility index (Phi) is 4.62. The van der Waals surface area contributed by atoms with Crippen LogP contribution >= 0.6 is 0 Å². The summed E-state index contributed by atoms with van der Waals surface area (Å²) in [6, 6.07) is 3.43. The Labute approximate surface area is 102 Å². The molecular formula is C10H13F3N2O3. The van der Waals surface area contributed by atoms with E-state index in [1.807, 2.05) is 0 Å². The van der Waals surface area contributed by atoms with Gasteiger partial charge >= 0.3 is 6.36 Å². The van der Waals surface area contributed by atoms with Crippen molar-refractivity contribution in [3.05, 3.63) is 18.2 Å². The maximum Gasteiger partial charge on any atom is 0.573 e. The van der Waals surface area contributed by atoms with Crippen molar-refractivity contribution in [3.63, 3.8) is 0 Å². The molecular weight excluding hydrogens is 253 g/mol. The molecule has 0 radical (unpaired) electrons. The lowest BCUT2D eigenvalue weighted by atomic mass is 10.2. The number of hydrogen-bond donors (Lipinski definition) is 2. The number of rotatable bonds is 5. The van der Waals surface area contributed by atoms with Crippen molar-refractivity contribution in [3.8, 4) is 5.75 Å². The highest BCUT2D eigenvalue weighted by Crippen LogP contribution is 2.32. The fourth-order valence-corrected chi connectivity index (χ4v) is 1.31. The lowest BCUT2D eigenvalue weighted by molar-refractivity contribution is -0.274. The number of halogens is 3. The summed E-state index contributed by atoms with van der Waals surface area (Å²) < 4.78 is 39.9. The second-order valence-electron chi connectivity index (χ2n) is 3.21. The summed E-state index contributed by atoms with van der Waals surface area (Å²) in [5, 5.41) is 12.6. The molecule has 0 aliphatic carbocycles. The van der Waals surface area contributed by atoms with Crippen molar-refractivity contribution >= 4 is 11.4 Å². The molecule has 18 heavy (non-hydrogen) atoms. The predicted molar refractivity (Wildman–Crippen MR) is 58.6 cm³/mol. The Bertz CT molecular complexity index is 398. The minimum absolute atomic E-state index is 0.175. The molecule has 0 aromatic heterocycles. The van der Waals surface area contributed by atoms with E-state index in [-0.39, 0.29) is 17.1 Å². The topological polar surface area (TPSA) is 54.0 Å². The van der Waals surface area contributed by atoms with Gasteiger partial charge in [0, 0.05) is 12.6 Å². The van der Waals surface area contributed by atoms with Gasteiger partial charge in [-0.25, -0.2) is 0 Å². The van der Waals surface area contributed by atoms with Crippen LogP contribution in [0.15, 0.2) is 18.2 Å². The van der Waals surface area contributed by atoms with Gasteiger partial charge in [-0.3, -0.25) is 10.0 Å². The molecule has 0 spiro atoms. The number of anilines is 2. The highest BCUT2D eigenvalue weighted by Gasteiger charge is 2.31. The van der Waals surface area contributed by atoms with Crippen LogP contribution in [0.25, 0.3) is 0 Å². The molecule has 102 valence electrons. The highest BCUT2D eigenvalue weighted by atomic mass is 19.4. The molecule has 0 aliphatic rings. The van der Waals surface area contributed by atoms with Gasteiger partial charge in [0.2, 0.25) is 0 Å². The first kappa shape index (κ1) is 14.4. The highest BCUT2D eigenvalue weighted by molar-refractivity contribution is 5.70. The first-order valence-electron chi connectivity index (χ1n) is 5.04. The van der Waals surface area contributed by atoms with E-state index in [0.29, 0.717) is 11.8 Å². The fraction of sp³-hybridized carbons (Fsp3) is 0.400. The SMILES string of the molecule is CCNc1cc(OC(F)(F)F)ccc1N(O)OC. The number of nitrogens with one attached hydrogen (secondary N) is 1. The van der Waals surface area contributed by atoms with Crippen LogP contribution in [0.5, 0.6) is 5.75 Å². The van der Waals surface area contributed by atoms with Crippen molar-refractivity contribution in [2.45, 2.75) is 13.3 Å². The Hall–Kier alpha value is -1.67.